The van der Waals surface area contributed by atoms with Gasteiger partial charge in [0.1, 0.15) is 11.4 Å². The number of ketones is 1. The van der Waals surface area contributed by atoms with Crippen LogP contribution in [-0.2, 0) is 14.1 Å². The maximum Gasteiger partial charge on any atom is 0.332 e. The molecule has 1 aromatic rings. The van der Waals surface area contributed by atoms with E-state index in [9.17, 15) is 14.4 Å². The first-order chi connectivity index (χ1) is 11.8. The smallest absolute Gasteiger partial charge is 0.332 e. The largest absolute Gasteiger partial charge is 0.384 e. The summed E-state index contributed by atoms with van der Waals surface area (Å²) in [4.78, 5) is 39.2. The zero-order valence-electron chi connectivity index (χ0n) is 16.2. The van der Waals surface area contributed by atoms with Gasteiger partial charge < -0.3 is 5.73 Å². The van der Waals surface area contributed by atoms with E-state index in [1.54, 1.807) is 0 Å². The molecule has 0 aliphatic heterocycles. The molecule has 0 saturated heterocycles. The van der Waals surface area contributed by atoms with E-state index in [0.717, 1.165) is 47.8 Å². The second kappa shape index (κ2) is 9.56. The van der Waals surface area contributed by atoms with E-state index in [0.29, 0.717) is 0 Å². The van der Waals surface area contributed by atoms with E-state index in [1.165, 1.54) is 14.1 Å². The summed E-state index contributed by atoms with van der Waals surface area (Å²) in [5.74, 6) is -0.386. The van der Waals surface area contributed by atoms with Gasteiger partial charge in [-0.25, -0.2) is 4.79 Å². The van der Waals surface area contributed by atoms with Gasteiger partial charge in [0.15, 0.2) is 5.78 Å². The summed E-state index contributed by atoms with van der Waals surface area (Å²) in [5.41, 5.74) is 4.66. The number of carbonyl (C=O) groups is 1. The molecule has 0 aliphatic rings. The number of hydrogen-bond donors (Lipinski definition) is 1. The lowest BCUT2D eigenvalue weighted by atomic mass is 10.1. The fourth-order valence-electron chi connectivity index (χ4n) is 3.01. The van der Waals surface area contributed by atoms with Gasteiger partial charge in [0, 0.05) is 20.1 Å². The van der Waals surface area contributed by atoms with Crippen LogP contribution in [0.3, 0.4) is 0 Å². The molecule has 0 fully saturated rings. The standard InChI is InChI=1S/C18H32N4O3/c1-6-8-9-11-22(13(3)10-7-2)12-14(23)15-16(19)20(4)18(25)21(5)17(15)24/h13H,6-12,19H2,1-5H3. The second-order valence-corrected chi connectivity index (χ2v) is 6.70. The minimum absolute atomic E-state index is 0.0604. The topological polar surface area (TPSA) is 90.3 Å². The molecule has 0 aliphatic carbocycles. The number of nitrogens with zero attached hydrogens (tertiary/aromatic N) is 3. The molecule has 7 nitrogen and oxygen atoms in total. The van der Waals surface area contributed by atoms with Gasteiger partial charge in [-0.3, -0.25) is 23.6 Å². The highest BCUT2D eigenvalue weighted by atomic mass is 16.2. The average Bonchev–Trinajstić information content (AvgIpc) is 2.58. The van der Waals surface area contributed by atoms with Crippen molar-refractivity contribution < 1.29 is 4.79 Å². The Kier molecular flexibility index (Phi) is 8.09. The van der Waals surface area contributed by atoms with Crippen LogP contribution >= 0.6 is 0 Å². The zero-order valence-corrected chi connectivity index (χ0v) is 16.2. The molecule has 0 aromatic carbocycles. The van der Waals surface area contributed by atoms with Crippen molar-refractivity contribution >= 4 is 11.6 Å². The van der Waals surface area contributed by atoms with Crippen molar-refractivity contribution in [3.63, 3.8) is 0 Å². The molecular weight excluding hydrogens is 320 g/mol. The van der Waals surface area contributed by atoms with E-state index in [4.69, 9.17) is 5.73 Å². The monoisotopic (exact) mass is 352 g/mol. The Morgan fingerprint density at radius 1 is 1.12 bits per heavy atom. The molecule has 0 spiro atoms. The van der Waals surface area contributed by atoms with Crippen molar-refractivity contribution in [2.24, 2.45) is 14.1 Å². The first-order valence-electron chi connectivity index (χ1n) is 9.08. The van der Waals surface area contributed by atoms with E-state index >= 15 is 0 Å². The van der Waals surface area contributed by atoms with Gasteiger partial charge in [-0.15, -0.1) is 0 Å². The lowest BCUT2D eigenvalue weighted by Gasteiger charge is -2.28. The van der Waals surface area contributed by atoms with Gasteiger partial charge in [-0.2, -0.15) is 0 Å². The number of rotatable bonds is 10. The van der Waals surface area contributed by atoms with Gasteiger partial charge in [0.25, 0.3) is 5.56 Å². The number of carbonyl (C=O) groups excluding carboxylic acids is 1. The Bertz CT molecular complexity index is 705. The SMILES string of the molecule is CCCCCN(CC(=O)c1c(N)n(C)c(=O)n(C)c1=O)C(C)CCC. The predicted molar refractivity (Wildman–Crippen MR) is 101 cm³/mol. The third-order valence-electron chi connectivity index (χ3n) is 4.71. The summed E-state index contributed by atoms with van der Waals surface area (Å²) in [6, 6.07) is 0.253. The second-order valence-electron chi connectivity index (χ2n) is 6.70. The highest BCUT2D eigenvalue weighted by molar-refractivity contribution is 6.01. The molecule has 0 saturated carbocycles. The molecule has 142 valence electrons. The summed E-state index contributed by atoms with van der Waals surface area (Å²) in [6.45, 7) is 7.31. The summed E-state index contributed by atoms with van der Waals surface area (Å²) in [7, 11) is 2.83. The quantitative estimate of drug-likeness (QED) is 0.509. The fourth-order valence-corrected chi connectivity index (χ4v) is 3.01. The number of nitrogen functional groups attached to an aromatic ring is 1. The zero-order chi connectivity index (χ0) is 19.1. The first kappa shape index (κ1) is 21.2. The Morgan fingerprint density at radius 2 is 1.76 bits per heavy atom. The van der Waals surface area contributed by atoms with Gasteiger partial charge in [-0.05, 0) is 26.3 Å². The van der Waals surface area contributed by atoms with Crippen LogP contribution in [0.4, 0.5) is 5.82 Å². The van der Waals surface area contributed by atoms with Gasteiger partial charge in [0.05, 0.1) is 6.54 Å². The van der Waals surface area contributed by atoms with Crippen molar-refractivity contribution in [3.05, 3.63) is 26.4 Å². The molecule has 1 aromatic heterocycles. The molecule has 1 atom stereocenters. The molecule has 0 amide bonds. The predicted octanol–water partition coefficient (Wildman–Crippen LogP) is 1.53. The van der Waals surface area contributed by atoms with E-state index < -0.39 is 11.2 Å². The van der Waals surface area contributed by atoms with E-state index in [-0.39, 0.29) is 29.8 Å². The van der Waals surface area contributed by atoms with Gasteiger partial charge >= 0.3 is 5.69 Å². The van der Waals surface area contributed by atoms with Crippen LogP contribution in [0.1, 0.15) is 63.2 Å². The molecular formula is C18H32N4O3. The van der Waals surface area contributed by atoms with Crippen LogP contribution in [0.5, 0.6) is 0 Å². The first-order valence-corrected chi connectivity index (χ1v) is 9.08. The summed E-state index contributed by atoms with van der Waals surface area (Å²) >= 11 is 0. The van der Waals surface area contributed by atoms with E-state index in [2.05, 4.69) is 25.7 Å². The minimum Gasteiger partial charge on any atom is -0.384 e. The van der Waals surface area contributed by atoms with Gasteiger partial charge in [0.2, 0.25) is 0 Å². The number of Topliss-reactive ketones (excluding diaryl/α,β-unsaturated/α-hetero) is 1. The van der Waals surface area contributed by atoms with Crippen LogP contribution < -0.4 is 17.0 Å². The number of hydrogen-bond acceptors (Lipinski definition) is 5. The highest BCUT2D eigenvalue weighted by Gasteiger charge is 2.24. The summed E-state index contributed by atoms with van der Waals surface area (Å²) < 4.78 is 2.08. The number of anilines is 1. The van der Waals surface area contributed by atoms with Crippen molar-refractivity contribution in [2.75, 3.05) is 18.8 Å². The lowest BCUT2D eigenvalue weighted by molar-refractivity contribution is 0.0888. The lowest BCUT2D eigenvalue weighted by Crippen LogP contribution is -2.44. The number of nitrogens with two attached hydrogens (primary N) is 1. The Morgan fingerprint density at radius 3 is 2.32 bits per heavy atom. The molecule has 0 bridgehead atoms. The molecule has 1 heterocycles. The average molecular weight is 352 g/mol. The van der Waals surface area contributed by atoms with Crippen LogP contribution in [0, 0.1) is 0 Å². The third kappa shape index (κ3) is 5.04. The number of unbranched alkanes of at least 4 members (excludes halogenated alkanes) is 2. The number of aromatic nitrogens is 2. The minimum atomic E-state index is -0.623. The molecule has 0 radical (unpaired) electrons. The third-order valence-corrected chi connectivity index (χ3v) is 4.71. The van der Waals surface area contributed by atoms with Crippen LogP contribution in [0.2, 0.25) is 0 Å². The maximum absolute atomic E-state index is 12.8. The van der Waals surface area contributed by atoms with Crippen LogP contribution in [0.25, 0.3) is 0 Å². The van der Waals surface area contributed by atoms with Crippen LogP contribution in [-0.4, -0.2) is 38.9 Å². The molecule has 7 heteroatoms. The summed E-state index contributed by atoms with van der Waals surface area (Å²) in [5, 5.41) is 0. The van der Waals surface area contributed by atoms with Crippen molar-refractivity contribution in [3.8, 4) is 0 Å². The maximum atomic E-state index is 12.8. The fraction of sp³-hybridized carbons (Fsp3) is 0.722. The molecule has 1 unspecified atom stereocenters. The van der Waals surface area contributed by atoms with Crippen molar-refractivity contribution in [1.82, 2.24) is 14.0 Å². The van der Waals surface area contributed by atoms with Crippen molar-refractivity contribution in [1.29, 1.82) is 0 Å². The molecule has 1 rings (SSSR count). The van der Waals surface area contributed by atoms with Crippen LogP contribution in [0.15, 0.2) is 9.59 Å². The Hall–Kier alpha value is -1.89. The normalized spacial score (nSPS) is 12.6. The van der Waals surface area contributed by atoms with Gasteiger partial charge in [-0.1, -0.05) is 33.1 Å². The Balaban J connectivity index is 3.12. The molecule has 2 N–H and O–H groups in total. The Labute approximate surface area is 149 Å². The van der Waals surface area contributed by atoms with Crippen molar-refractivity contribution in [2.45, 2.75) is 58.9 Å². The molecule has 25 heavy (non-hydrogen) atoms. The highest BCUT2D eigenvalue weighted by Crippen LogP contribution is 2.12. The summed E-state index contributed by atoms with van der Waals surface area (Å²) in [6.07, 6.45) is 5.24. The van der Waals surface area contributed by atoms with E-state index in [1.807, 2.05) is 0 Å².